The number of rotatable bonds is 4. The van der Waals surface area contributed by atoms with Crippen molar-refractivity contribution in [3.63, 3.8) is 0 Å². The van der Waals surface area contributed by atoms with Gasteiger partial charge in [-0.25, -0.2) is 4.98 Å². The van der Waals surface area contributed by atoms with E-state index < -0.39 is 0 Å². The summed E-state index contributed by atoms with van der Waals surface area (Å²) >= 11 is 0. The lowest BCUT2D eigenvalue weighted by Gasteiger charge is -2.27. The number of benzene rings is 2. The van der Waals surface area contributed by atoms with Crippen LogP contribution in [0.15, 0.2) is 48.5 Å². The van der Waals surface area contributed by atoms with Gasteiger partial charge < -0.3 is 0 Å². The smallest absolute Gasteiger partial charge is 0.111 e. The molecular formula is C25H32N4. The monoisotopic (exact) mass is 388 g/mol. The molecule has 4 heteroatoms. The molecule has 0 N–H and O–H groups in total. The zero-order valence-corrected chi connectivity index (χ0v) is 17.6. The fraction of sp³-hybridized carbons (Fsp3) is 0.480. The normalized spacial score (nSPS) is 21.6. The van der Waals surface area contributed by atoms with E-state index in [4.69, 9.17) is 4.98 Å². The Bertz CT molecular complexity index is 951. The molecule has 2 saturated heterocycles. The molecular weight excluding hydrogens is 356 g/mol. The summed E-state index contributed by atoms with van der Waals surface area (Å²) in [6.45, 7) is 8.23. The first-order chi connectivity index (χ1) is 14.3. The van der Waals surface area contributed by atoms with Gasteiger partial charge in [-0.15, -0.1) is 0 Å². The molecule has 5 rings (SSSR count). The van der Waals surface area contributed by atoms with Crippen molar-refractivity contribution in [2.75, 3.05) is 26.2 Å². The summed E-state index contributed by atoms with van der Waals surface area (Å²) in [6.07, 6.45) is 6.95. The first-order valence-electron chi connectivity index (χ1n) is 11.3. The van der Waals surface area contributed by atoms with Gasteiger partial charge in [0.15, 0.2) is 0 Å². The van der Waals surface area contributed by atoms with E-state index in [9.17, 15) is 0 Å². The van der Waals surface area contributed by atoms with E-state index in [0.717, 1.165) is 23.9 Å². The molecule has 0 spiro atoms. The minimum atomic E-state index is 0.771. The van der Waals surface area contributed by atoms with Gasteiger partial charge in [-0.05, 0) is 69.1 Å². The van der Waals surface area contributed by atoms with Gasteiger partial charge in [0.2, 0.25) is 0 Å². The predicted octanol–water partition coefficient (Wildman–Crippen LogP) is 4.78. The second-order valence-electron chi connectivity index (χ2n) is 8.78. The zero-order valence-electron chi connectivity index (χ0n) is 17.6. The highest BCUT2D eigenvalue weighted by atomic mass is 15.2. The van der Waals surface area contributed by atoms with E-state index in [1.54, 1.807) is 0 Å². The van der Waals surface area contributed by atoms with E-state index in [1.165, 1.54) is 75.1 Å². The van der Waals surface area contributed by atoms with Crippen molar-refractivity contribution < 1.29 is 0 Å². The molecule has 29 heavy (non-hydrogen) atoms. The van der Waals surface area contributed by atoms with Gasteiger partial charge in [0, 0.05) is 31.4 Å². The van der Waals surface area contributed by atoms with Crippen molar-refractivity contribution in [3.05, 3.63) is 59.9 Å². The molecule has 1 atom stereocenters. The number of aryl methyl sites for hydroxylation is 1. The van der Waals surface area contributed by atoms with Crippen LogP contribution in [0.3, 0.4) is 0 Å². The van der Waals surface area contributed by atoms with Crippen molar-refractivity contribution >= 4 is 11.0 Å². The standard InChI is InChI=1S/C25H32N4/c1-20-26-24-8-4-5-9-25(24)29(20)22-12-10-21(11-13-22)18-27-17-14-23(19-27)28-15-6-2-3-7-16-28/h4-5,8-13,23H,2-3,6-7,14-19H2,1H3/t23-/m0/s1. The van der Waals surface area contributed by atoms with Crippen molar-refractivity contribution in [2.24, 2.45) is 0 Å². The second kappa shape index (κ2) is 8.29. The van der Waals surface area contributed by atoms with Crippen LogP contribution in [0.5, 0.6) is 0 Å². The van der Waals surface area contributed by atoms with E-state index in [0.29, 0.717) is 0 Å². The predicted molar refractivity (Wildman–Crippen MR) is 120 cm³/mol. The molecule has 2 aliphatic heterocycles. The molecule has 0 radical (unpaired) electrons. The average molecular weight is 389 g/mol. The highest BCUT2D eigenvalue weighted by Crippen LogP contribution is 2.24. The van der Waals surface area contributed by atoms with Crippen molar-refractivity contribution in [1.29, 1.82) is 0 Å². The fourth-order valence-corrected chi connectivity index (χ4v) is 5.20. The van der Waals surface area contributed by atoms with Crippen LogP contribution < -0.4 is 0 Å². The molecule has 0 saturated carbocycles. The summed E-state index contributed by atoms with van der Waals surface area (Å²) in [4.78, 5) is 10.1. The summed E-state index contributed by atoms with van der Waals surface area (Å²) in [6, 6.07) is 18.2. The Morgan fingerprint density at radius 2 is 1.66 bits per heavy atom. The SMILES string of the molecule is Cc1nc2ccccc2n1-c1ccc(CN2CC[C@H](N3CCCCCC3)C2)cc1. The van der Waals surface area contributed by atoms with Crippen LogP contribution in [0.25, 0.3) is 16.7 Å². The molecule has 2 fully saturated rings. The molecule has 0 unspecified atom stereocenters. The van der Waals surface area contributed by atoms with Crippen molar-refractivity contribution in [2.45, 2.75) is 51.6 Å². The van der Waals surface area contributed by atoms with E-state index in [-0.39, 0.29) is 0 Å². The first kappa shape index (κ1) is 18.8. The highest BCUT2D eigenvalue weighted by molar-refractivity contribution is 5.78. The van der Waals surface area contributed by atoms with Crippen molar-refractivity contribution in [1.82, 2.24) is 19.4 Å². The summed E-state index contributed by atoms with van der Waals surface area (Å²) in [5.74, 6) is 1.04. The first-order valence-corrected chi connectivity index (χ1v) is 11.3. The number of fused-ring (bicyclic) bond motifs is 1. The Kier molecular flexibility index (Phi) is 5.38. The Balaban J connectivity index is 1.26. The van der Waals surface area contributed by atoms with Gasteiger partial charge in [-0.1, -0.05) is 37.1 Å². The molecule has 0 amide bonds. The van der Waals surface area contributed by atoms with E-state index >= 15 is 0 Å². The third-order valence-electron chi connectivity index (χ3n) is 6.73. The maximum atomic E-state index is 4.70. The largest absolute Gasteiger partial charge is 0.299 e. The Hall–Kier alpha value is -2.17. The van der Waals surface area contributed by atoms with Crippen LogP contribution in [0.1, 0.15) is 43.5 Å². The summed E-state index contributed by atoms with van der Waals surface area (Å²) in [5, 5.41) is 0. The summed E-state index contributed by atoms with van der Waals surface area (Å²) < 4.78 is 2.25. The molecule has 2 aliphatic rings. The van der Waals surface area contributed by atoms with Gasteiger partial charge in [0.05, 0.1) is 11.0 Å². The van der Waals surface area contributed by atoms with Gasteiger partial charge >= 0.3 is 0 Å². The average Bonchev–Trinajstić information content (AvgIpc) is 3.22. The van der Waals surface area contributed by atoms with E-state index in [2.05, 4.69) is 69.8 Å². The molecule has 152 valence electrons. The quantitative estimate of drug-likeness (QED) is 0.643. The van der Waals surface area contributed by atoms with Crippen LogP contribution in [0.2, 0.25) is 0 Å². The number of hydrogen-bond donors (Lipinski definition) is 0. The third-order valence-corrected chi connectivity index (χ3v) is 6.73. The molecule has 3 heterocycles. The topological polar surface area (TPSA) is 24.3 Å². The van der Waals surface area contributed by atoms with Crippen molar-refractivity contribution in [3.8, 4) is 5.69 Å². The Labute approximate surface area is 174 Å². The van der Waals surface area contributed by atoms with Gasteiger partial charge in [0.1, 0.15) is 5.82 Å². The molecule has 2 aromatic carbocycles. The summed E-state index contributed by atoms with van der Waals surface area (Å²) in [5.41, 5.74) is 4.85. The minimum Gasteiger partial charge on any atom is -0.299 e. The molecule has 3 aromatic rings. The van der Waals surface area contributed by atoms with E-state index in [1.807, 2.05) is 0 Å². The third kappa shape index (κ3) is 3.96. The number of hydrogen-bond acceptors (Lipinski definition) is 3. The number of para-hydroxylation sites is 2. The number of aromatic nitrogens is 2. The van der Waals surface area contributed by atoms with Gasteiger partial charge in [-0.3, -0.25) is 14.4 Å². The molecule has 1 aromatic heterocycles. The lowest BCUT2D eigenvalue weighted by Crippen LogP contribution is -2.38. The van der Waals surface area contributed by atoms with Crippen LogP contribution >= 0.6 is 0 Å². The Morgan fingerprint density at radius 3 is 2.45 bits per heavy atom. The number of imidazole rings is 1. The molecule has 0 bridgehead atoms. The lowest BCUT2D eigenvalue weighted by atomic mass is 10.2. The van der Waals surface area contributed by atoms with Crippen LogP contribution in [0.4, 0.5) is 0 Å². The Morgan fingerprint density at radius 1 is 0.897 bits per heavy atom. The minimum absolute atomic E-state index is 0.771. The number of likely N-dealkylation sites (tertiary alicyclic amines) is 2. The maximum absolute atomic E-state index is 4.70. The molecule has 0 aliphatic carbocycles. The number of nitrogens with zero attached hydrogens (tertiary/aromatic N) is 4. The maximum Gasteiger partial charge on any atom is 0.111 e. The van der Waals surface area contributed by atoms with Crippen LogP contribution in [-0.2, 0) is 6.54 Å². The highest BCUT2D eigenvalue weighted by Gasteiger charge is 2.27. The zero-order chi connectivity index (χ0) is 19.6. The second-order valence-corrected chi connectivity index (χ2v) is 8.78. The van der Waals surface area contributed by atoms with Crippen LogP contribution in [-0.4, -0.2) is 51.6 Å². The fourth-order valence-electron chi connectivity index (χ4n) is 5.20. The van der Waals surface area contributed by atoms with Crippen LogP contribution in [0, 0.1) is 6.92 Å². The lowest BCUT2D eigenvalue weighted by molar-refractivity contribution is 0.197. The molecule has 4 nitrogen and oxygen atoms in total. The van der Waals surface area contributed by atoms with Gasteiger partial charge in [0.25, 0.3) is 0 Å². The van der Waals surface area contributed by atoms with Gasteiger partial charge in [-0.2, -0.15) is 0 Å². The summed E-state index contributed by atoms with van der Waals surface area (Å²) in [7, 11) is 0.